The van der Waals surface area contributed by atoms with Gasteiger partial charge in [0.05, 0.1) is 5.57 Å². The third-order valence-corrected chi connectivity index (χ3v) is 4.80. The summed E-state index contributed by atoms with van der Waals surface area (Å²) in [6.07, 6.45) is 2.99. The molecule has 2 heterocycles. The number of carbonyl (C=O) groups excluding carboxylic acids is 1. The number of fused-ring (bicyclic) bond motifs is 1. The Morgan fingerprint density at radius 1 is 1.35 bits per heavy atom. The monoisotopic (exact) mass is 328 g/mol. The van der Waals surface area contributed by atoms with Crippen molar-refractivity contribution in [2.45, 2.75) is 11.8 Å². The molecule has 23 heavy (non-hydrogen) atoms. The molecule has 1 N–H and O–H groups in total. The van der Waals surface area contributed by atoms with E-state index in [1.54, 1.807) is 0 Å². The number of rotatable bonds is 5. The summed E-state index contributed by atoms with van der Waals surface area (Å²) in [7, 11) is 2.03. The summed E-state index contributed by atoms with van der Waals surface area (Å²) >= 11 is 1.51. The SMILES string of the molecule is CN(Cc1ccccc1)CC1C=C2C(=O)C(C(=O)O)=CN=C2S1. The molecule has 1 unspecified atom stereocenters. The van der Waals surface area contributed by atoms with E-state index in [4.69, 9.17) is 5.11 Å². The second kappa shape index (κ2) is 6.52. The first kappa shape index (κ1) is 15.7. The molecule has 3 rings (SSSR count). The van der Waals surface area contributed by atoms with Gasteiger partial charge in [-0.3, -0.25) is 4.79 Å². The summed E-state index contributed by atoms with van der Waals surface area (Å²) in [4.78, 5) is 29.5. The van der Waals surface area contributed by atoms with Crippen LogP contribution in [-0.4, -0.2) is 45.6 Å². The highest BCUT2D eigenvalue weighted by Crippen LogP contribution is 2.33. The fourth-order valence-corrected chi connectivity index (χ4v) is 3.83. The minimum Gasteiger partial charge on any atom is -0.477 e. The number of carbonyl (C=O) groups is 2. The highest BCUT2D eigenvalue weighted by molar-refractivity contribution is 8.15. The van der Waals surface area contributed by atoms with E-state index in [9.17, 15) is 9.59 Å². The molecule has 1 atom stereocenters. The van der Waals surface area contributed by atoms with Gasteiger partial charge in [0.2, 0.25) is 5.78 Å². The summed E-state index contributed by atoms with van der Waals surface area (Å²) in [6, 6.07) is 10.2. The zero-order chi connectivity index (χ0) is 16.4. The molecule has 0 aliphatic carbocycles. The molecular weight excluding hydrogens is 312 g/mol. The van der Waals surface area contributed by atoms with Crippen LogP contribution in [-0.2, 0) is 16.1 Å². The normalized spacial score (nSPS) is 20.0. The van der Waals surface area contributed by atoms with Crippen LogP contribution < -0.4 is 0 Å². The number of hydrogen-bond donors (Lipinski definition) is 1. The van der Waals surface area contributed by atoms with Gasteiger partial charge in [0.1, 0.15) is 10.6 Å². The molecule has 0 amide bonds. The van der Waals surface area contributed by atoms with E-state index in [0.717, 1.165) is 19.3 Å². The predicted molar refractivity (Wildman–Crippen MR) is 90.4 cm³/mol. The smallest absolute Gasteiger partial charge is 0.341 e. The first-order valence-corrected chi connectivity index (χ1v) is 8.10. The Kier molecular flexibility index (Phi) is 4.45. The molecule has 0 spiro atoms. The fourth-order valence-electron chi connectivity index (χ4n) is 2.61. The van der Waals surface area contributed by atoms with Gasteiger partial charge >= 0.3 is 5.97 Å². The number of hydrogen-bond acceptors (Lipinski definition) is 5. The largest absolute Gasteiger partial charge is 0.477 e. The van der Waals surface area contributed by atoms with Crippen LogP contribution in [0.1, 0.15) is 5.56 Å². The average Bonchev–Trinajstić information content (AvgIpc) is 2.91. The van der Waals surface area contributed by atoms with E-state index < -0.39 is 11.8 Å². The Morgan fingerprint density at radius 3 is 2.78 bits per heavy atom. The van der Waals surface area contributed by atoms with Gasteiger partial charge in [-0.25, -0.2) is 9.79 Å². The molecule has 1 aromatic rings. The summed E-state index contributed by atoms with van der Waals surface area (Å²) in [6.45, 7) is 1.58. The van der Waals surface area contributed by atoms with Gasteiger partial charge in [-0.1, -0.05) is 48.2 Å². The van der Waals surface area contributed by atoms with Crippen LogP contribution in [0, 0.1) is 0 Å². The number of carboxylic acids is 1. The maximum Gasteiger partial charge on any atom is 0.341 e. The van der Waals surface area contributed by atoms with Crippen molar-refractivity contribution in [3.05, 3.63) is 59.3 Å². The molecule has 0 aromatic heterocycles. The molecule has 1 aromatic carbocycles. The molecule has 118 valence electrons. The predicted octanol–water partition coefficient (Wildman–Crippen LogP) is 2.11. The Bertz CT molecular complexity index is 737. The maximum absolute atomic E-state index is 12.1. The average molecular weight is 328 g/mol. The van der Waals surface area contributed by atoms with Gasteiger partial charge in [-0.05, 0) is 12.6 Å². The number of aliphatic carboxylic acids is 1. The number of aliphatic imine (C=N–C) groups is 1. The fraction of sp³-hybridized carbons (Fsp3) is 0.235. The van der Waals surface area contributed by atoms with Gasteiger partial charge < -0.3 is 10.0 Å². The third-order valence-electron chi connectivity index (χ3n) is 3.66. The van der Waals surface area contributed by atoms with Crippen LogP contribution in [0.4, 0.5) is 0 Å². The Labute approximate surface area is 138 Å². The molecule has 2 aliphatic heterocycles. The lowest BCUT2D eigenvalue weighted by Gasteiger charge is -2.19. The molecule has 0 saturated carbocycles. The first-order valence-electron chi connectivity index (χ1n) is 7.22. The summed E-state index contributed by atoms with van der Waals surface area (Å²) in [5.41, 5.74) is 1.39. The molecule has 5 nitrogen and oxygen atoms in total. The van der Waals surface area contributed by atoms with Crippen LogP contribution in [0.2, 0.25) is 0 Å². The van der Waals surface area contributed by atoms with Gasteiger partial charge in [-0.2, -0.15) is 0 Å². The lowest BCUT2D eigenvalue weighted by atomic mass is 10.0. The van der Waals surface area contributed by atoms with Crippen molar-refractivity contribution >= 4 is 28.6 Å². The first-order chi connectivity index (χ1) is 11.0. The van der Waals surface area contributed by atoms with E-state index in [-0.39, 0.29) is 10.8 Å². The molecule has 2 aliphatic rings. The van der Waals surface area contributed by atoms with Gasteiger partial charge in [0, 0.05) is 24.5 Å². The van der Waals surface area contributed by atoms with E-state index in [1.165, 1.54) is 17.3 Å². The third kappa shape index (κ3) is 3.43. The van der Waals surface area contributed by atoms with E-state index >= 15 is 0 Å². The van der Waals surface area contributed by atoms with Crippen LogP contribution in [0.15, 0.2) is 58.7 Å². The molecule has 0 fully saturated rings. The van der Waals surface area contributed by atoms with Crippen molar-refractivity contribution < 1.29 is 14.7 Å². The highest BCUT2D eigenvalue weighted by Gasteiger charge is 2.34. The van der Waals surface area contributed by atoms with Crippen molar-refractivity contribution in [1.29, 1.82) is 0 Å². The molecule has 0 saturated heterocycles. The Morgan fingerprint density at radius 2 is 2.09 bits per heavy atom. The standard InChI is InChI=1S/C17H16N2O3S/c1-19(9-11-5-3-2-4-6-11)10-12-7-13-15(20)14(17(21)22)8-18-16(13)23-12/h2-8,12H,9-10H2,1H3,(H,21,22). The summed E-state index contributed by atoms with van der Waals surface area (Å²) in [5.74, 6) is -1.67. The second-order valence-corrected chi connectivity index (χ2v) is 6.76. The van der Waals surface area contributed by atoms with Crippen molar-refractivity contribution in [3.8, 4) is 0 Å². The van der Waals surface area contributed by atoms with Gasteiger partial charge in [-0.15, -0.1) is 0 Å². The minimum atomic E-state index is -1.23. The zero-order valence-electron chi connectivity index (χ0n) is 12.6. The zero-order valence-corrected chi connectivity index (χ0v) is 13.4. The van der Waals surface area contributed by atoms with E-state index in [2.05, 4.69) is 22.0 Å². The van der Waals surface area contributed by atoms with E-state index in [1.807, 2.05) is 31.3 Å². The van der Waals surface area contributed by atoms with Crippen LogP contribution in [0.25, 0.3) is 0 Å². The van der Waals surface area contributed by atoms with Crippen molar-refractivity contribution in [2.75, 3.05) is 13.6 Å². The number of thioether (sulfide) groups is 1. The van der Waals surface area contributed by atoms with Crippen LogP contribution in [0.3, 0.4) is 0 Å². The van der Waals surface area contributed by atoms with Crippen molar-refractivity contribution in [2.24, 2.45) is 4.99 Å². The number of benzene rings is 1. The van der Waals surface area contributed by atoms with Gasteiger partial charge in [0.25, 0.3) is 0 Å². The number of nitrogens with zero attached hydrogens (tertiary/aromatic N) is 2. The summed E-state index contributed by atoms with van der Waals surface area (Å²) < 4.78 is 0. The molecule has 0 radical (unpaired) electrons. The van der Waals surface area contributed by atoms with Crippen molar-refractivity contribution in [1.82, 2.24) is 4.90 Å². The number of carboxylic acid groups (broad SMARTS) is 1. The van der Waals surface area contributed by atoms with Crippen molar-refractivity contribution in [3.63, 3.8) is 0 Å². The quantitative estimate of drug-likeness (QED) is 0.838. The Hall–Kier alpha value is -2.18. The van der Waals surface area contributed by atoms with Crippen LogP contribution in [0.5, 0.6) is 0 Å². The summed E-state index contributed by atoms with van der Waals surface area (Å²) in [5, 5.41) is 9.73. The lowest BCUT2D eigenvalue weighted by molar-refractivity contribution is -0.134. The number of Topliss-reactive ketones (excluding diaryl/α,β-unsaturated/α-hetero) is 1. The Balaban J connectivity index is 1.66. The van der Waals surface area contributed by atoms with E-state index in [0.29, 0.717) is 10.6 Å². The molecular formula is C17H16N2O3S. The number of ketones is 1. The second-order valence-electron chi connectivity index (χ2n) is 5.53. The molecule has 0 bridgehead atoms. The minimum absolute atomic E-state index is 0.1000. The van der Waals surface area contributed by atoms with Gasteiger partial charge in [0.15, 0.2) is 0 Å². The van der Waals surface area contributed by atoms with Crippen LogP contribution >= 0.6 is 11.8 Å². The maximum atomic E-state index is 12.1. The highest BCUT2D eigenvalue weighted by atomic mass is 32.2. The lowest BCUT2D eigenvalue weighted by Crippen LogP contribution is -2.25. The molecule has 6 heteroatoms. The topological polar surface area (TPSA) is 70.0 Å².